The highest BCUT2D eigenvalue weighted by Gasteiger charge is 2.37. The summed E-state index contributed by atoms with van der Waals surface area (Å²) < 4.78 is 0. The fourth-order valence-electron chi connectivity index (χ4n) is 1.78. The Bertz CT molecular complexity index is 197. The lowest BCUT2D eigenvalue weighted by Gasteiger charge is -2.40. The van der Waals surface area contributed by atoms with Crippen LogP contribution in [0.25, 0.3) is 0 Å². The second-order valence-corrected chi connectivity index (χ2v) is 4.05. The Balaban J connectivity index is 1.51. The Labute approximate surface area is 78.5 Å². The second kappa shape index (κ2) is 3.64. The van der Waals surface area contributed by atoms with Crippen molar-refractivity contribution in [1.29, 1.82) is 0 Å². The first-order valence-corrected chi connectivity index (χ1v) is 5.01. The van der Waals surface area contributed by atoms with Crippen molar-refractivity contribution in [3.05, 3.63) is 0 Å². The van der Waals surface area contributed by atoms with E-state index in [1.165, 1.54) is 12.8 Å². The van der Waals surface area contributed by atoms with Crippen molar-refractivity contribution in [2.75, 3.05) is 19.6 Å². The number of primary amides is 1. The van der Waals surface area contributed by atoms with Gasteiger partial charge in [-0.15, -0.1) is 0 Å². The first-order chi connectivity index (χ1) is 6.25. The number of likely N-dealkylation sites (tertiary alicyclic amines) is 1. The highest BCUT2D eigenvalue weighted by molar-refractivity contribution is 5.73. The zero-order valence-electron chi connectivity index (χ0n) is 7.83. The zero-order chi connectivity index (χ0) is 9.26. The van der Waals surface area contributed by atoms with Gasteiger partial charge in [0.25, 0.3) is 0 Å². The molecule has 1 aliphatic heterocycles. The maximum absolute atomic E-state index is 10.4. The number of rotatable bonds is 5. The topological polar surface area (TPSA) is 58.4 Å². The first kappa shape index (κ1) is 8.97. The largest absolute Gasteiger partial charge is 0.370 e. The number of nitrogens with one attached hydrogen (secondary N) is 1. The van der Waals surface area contributed by atoms with Crippen molar-refractivity contribution in [2.45, 2.75) is 31.3 Å². The molecule has 0 unspecified atom stereocenters. The molecular formula is C9H17N3O. The highest BCUT2D eigenvalue weighted by Crippen LogP contribution is 2.30. The molecule has 0 bridgehead atoms. The van der Waals surface area contributed by atoms with E-state index in [-0.39, 0.29) is 5.91 Å². The van der Waals surface area contributed by atoms with Crippen molar-refractivity contribution in [3.8, 4) is 0 Å². The van der Waals surface area contributed by atoms with Gasteiger partial charge in [-0.1, -0.05) is 0 Å². The molecule has 0 radical (unpaired) electrons. The first-order valence-electron chi connectivity index (χ1n) is 5.01. The zero-order valence-corrected chi connectivity index (χ0v) is 7.83. The predicted octanol–water partition coefficient (Wildman–Crippen LogP) is -0.702. The van der Waals surface area contributed by atoms with Crippen LogP contribution in [0.3, 0.4) is 0 Å². The summed E-state index contributed by atoms with van der Waals surface area (Å²) in [4.78, 5) is 12.9. The lowest BCUT2D eigenvalue weighted by molar-refractivity contribution is -0.118. The van der Waals surface area contributed by atoms with Gasteiger partial charge in [0.2, 0.25) is 5.91 Å². The van der Waals surface area contributed by atoms with Gasteiger partial charge in [0.05, 0.1) is 0 Å². The van der Waals surface area contributed by atoms with Crippen molar-refractivity contribution in [2.24, 2.45) is 5.73 Å². The summed E-state index contributed by atoms with van der Waals surface area (Å²) in [6.45, 7) is 3.05. The predicted molar refractivity (Wildman–Crippen MR) is 50.2 cm³/mol. The van der Waals surface area contributed by atoms with E-state index in [1.54, 1.807) is 0 Å². The third kappa shape index (κ3) is 2.42. The number of nitrogens with zero attached hydrogens (tertiary/aromatic N) is 1. The number of nitrogens with two attached hydrogens (primary N) is 1. The van der Waals surface area contributed by atoms with Gasteiger partial charge in [-0.25, -0.2) is 0 Å². The molecule has 0 spiro atoms. The van der Waals surface area contributed by atoms with E-state index in [0.717, 1.165) is 25.7 Å². The molecule has 1 aliphatic carbocycles. The molecule has 13 heavy (non-hydrogen) atoms. The smallest absolute Gasteiger partial charge is 0.218 e. The van der Waals surface area contributed by atoms with E-state index >= 15 is 0 Å². The molecule has 2 rings (SSSR count). The average molecular weight is 183 g/mol. The van der Waals surface area contributed by atoms with Crippen LogP contribution in [0.5, 0.6) is 0 Å². The van der Waals surface area contributed by atoms with Crippen LogP contribution in [-0.2, 0) is 4.79 Å². The standard InChI is InChI=1S/C9H17N3O/c10-9(13)3-4-11-7-5-12(6-7)8-1-2-8/h7-8,11H,1-6H2,(H2,10,13). The number of hydrogen-bond acceptors (Lipinski definition) is 3. The minimum atomic E-state index is -0.217. The summed E-state index contributed by atoms with van der Waals surface area (Å²) in [5, 5.41) is 3.32. The molecule has 1 saturated heterocycles. The van der Waals surface area contributed by atoms with Crippen molar-refractivity contribution in [1.82, 2.24) is 10.2 Å². The van der Waals surface area contributed by atoms with Crippen molar-refractivity contribution >= 4 is 5.91 Å². The normalized spacial score (nSPS) is 24.3. The number of amides is 1. The summed E-state index contributed by atoms with van der Waals surface area (Å²) in [5.74, 6) is -0.217. The molecule has 0 aromatic rings. The van der Waals surface area contributed by atoms with Crippen molar-refractivity contribution in [3.63, 3.8) is 0 Å². The molecule has 1 saturated carbocycles. The van der Waals surface area contributed by atoms with E-state index in [0.29, 0.717) is 12.5 Å². The van der Waals surface area contributed by atoms with Gasteiger partial charge in [0, 0.05) is 38.1 Å². The van der Waals surface area contributed by atoms with Gasteiger partial charge in [0.15, 0.2) is 0 Å². The van der Waals surface area contributed by atoms with Gasteiger partial charge >= 0.3 is 0 Å². The van der Waals surface area contributed by atoms with Gasteiger partial charge in [0.1, 0.15) is 0 Å². The third-order valence-corrected chi connectivity index (χ3v) is 2.78. The summed E-state index contributed by atoms with van der Waals surface area (Å²) in [7, 11) is 0. The minimum Gasteiger partial charge on any atom is -0.370 e. The van der Waals surface area contributed by atoms with Crippen LogP contribution in [0, 0.1) is 0 Å². The minimum absolute atomic E-state index is 0.217. The van der Waals surface area contributed by atoms with Crippen LogP contribution in [0.4, 0.5) is 0 Å². The molecule has 2 aliphatic rings. The molecule has 4 nitrogen and oxygen atoms in total. The average Bonchev–Trinajstić information content (AvgIpc) is 2.75. The molecule has 2 fully saturated rings. The van der Waals surface area contributed by atoms with Gasteiger partial charge in [-0.05, 0) is 12.8 Å². The van der Waals surface area contributed by atoms with Crippen LogP contribution >= 0.6 is 0 Å². The SMILES string of the molecule is NC(=O)CCNC1CN(C2CC2)C1. The summed E-state index contributed by atoms with van der Waals surface area (Å²) in [6.07, 6.45) is 3.22. The Morgan fingerprint density at radius 1 is 1.46 bits per heavy atom. The van der Waals surface area contributed by atoms with Gasteiger partial charge < -0.3 is 11.1 Å². The Kier molecular flexibility index (Phi) is 2.51. The van der Waals surface area contributed by atoms with Crippen LogP contribution in [0.15, 0.2) is 0 Å². The lowest BCUT2D eigenvalue weighted by atomic mass is 10.1. The van der Waals surface area contributed by atoms with E-state index in [2.05, 4.69) is 10.2 Å². The Hall–Kier alpha value is -0.610. The molecule has 1 heterocycles. The summed E-state index contributed by atoms with van der Waals surface area (Å²) >= 11 is 0. The van der Waals surface area contributed by atoms with E-state index in [1.807, 2.05) is 0 Å². The van der Waals surface area contributed by atoms with Crippen LogP contribution in [0.1, 0.15) is 19.3 Å². The van der Waals surface area contributed by atoms with Gasteiger partial charge in [-0.2, -0.15) is 0 Å². The highest BCUT2D eigenvalue weighted by atomic mass is 16.1. The molecule has 74 valence electrons. The van der Waals surface area contributed by atoms with Crippen LogP contribution in [0.2, 0.25) is 0 Å². The molecule has 3 N–H and O–H groups in total. The number of carbonyl (C=O) groups is 1. The second-order valence-electron chi connectivity index (χ2n) is 4.05. The Morgan fingerprint density at radius 2 is 2.15 bits per heavy atom. The molecule has 4 heteroatoms. The molecule has 0 aromatic carbocycles. The molecular weight excluding hydrogens is 166 g/mol. The van der Waals surface area contributed by atoms with Crippen LogP contribution < -0.4 is 11.1 Å². The molecule has 0 atom stereocenters. The number of carbonyl (C=O) groups excluding carboxylic acids is 1. The molecule has 1 amide bonds. The quantitative estimate of drug-likeness (QED) is 0.592. The maximum atomic E-state index is 10.4. The summed E-state index contributed by atoms with van der Waals surface area (Å²) in [5.41, 5.74) is 5.03. The fraction of sp³-hybridized carbons (Fsp3) is 0.889. The van der Waals surface area contributed by atoms with Gasteiger partial charge in [-0.3, -0.25) is 9.69 Å². The molecule has 0 aromatic heterocycles. The van der Waals surface area contributed by atoms with Crippen molar-refractivity contribution < 1.29 is 4.79 Å². The fourth-order valence-corrected chi connectivity index (χ4v) is 1.78. The third-order valence-electron chi connectivity index (χ3n) is 2.78. The van der Waals surface area contributed by atoms with E-state index in [4.69, 9.17) is 5.73 Å². The number of hydrogen-bond donors (Lipinski definition) is 2. The van der Waals surface area contributed by atoms with E-state index in [9.17, 15) is 4.79 Å². The van der Waals surface area contributed by atoms with E-state index < -0.39 is 0 Å². The summed E-state index contributed by atoms with van der Waals surface area (Å²) in [6, 6.07) is 1.48. The van der Waals surface area contributed by atoms with Crippen LogP contribution in [-0.4, -0.2) is 42.5 Å². The Morgan fingerprint density at radius 3 is 2.69 bits per heavy atom. The monoisotopic (exact) mass is 183 g/mol. The lowest BCUT2D eigenvalue weighted by Crippen LogP contribution is -2.58. The maximum Gasteiger partial charge on any atom is 0.218 e.